The Hall–Kier alpha value is -3.34. The van der Waals surface area contributed by atoms with Crippen LogP contribution in [-0.2, 0) is 16.0 Å². The predicted molar refractivity (Wildman–Crippen MR) is 115 cm³/mol. The van der Waals surface area contributed by atoms with Crippen molar-refractivity contribution in [2.45, 2.75) is 36.8 Å². The van der Waals surface area contributed by atoms with E-state index in [0.717, 1.165) is 35.5 Å². The average molecular weight is 473 g/mol. The van der Waals surface area contributed by atoms with Crippen molar-refractivity contribution in [3.8, 4) is 16.9 Å². The topological polar surface area (TPSA) is 90.6 Å². The largest absolute Gasteiger partial charge is 0.433 e. The second-order valence-corrected chi connectivity index (χ2v) is 10.1. The van der Waals surface area contributed by atoms with Crippen molar-refractivity contribution in [2.75, 3.05) is 5.75 Å². The lowest BCUT2D eigenvalue weighted by Crippen LogP contribution is -2.12. The third kappa shape index (κ3) is 3.97. The maximum Gasteiger partial charge on any atom is 0.433 e. The molecule has 170 valence electrons. The Morgan fingerprint density at radius 3 is 2.39 bits per heavy atom. The number of alkyl halides is 3. The van der Waals surface area contributed by atoms with E-state index in [4.69, 9.17) is 0 Å². The van der Waals surface area contributed by atoms with Crippen LogP contribution < -0.4 is 0 Å². The van der Waals surface area contributed by atoms with E-state index in [1.807, 2.05) is 12.1 Å². The van der Waals surface area contributed by atoms with Crippen LogP contribution in [0.3, 0.4) is 0 Å². The van der Waals surface area contributed by atoms with Crippen molar-refractivity contribution in [2.24, 2.45) is 0 Å². The second kappa shape index (κ2) is 7.62. The van der Waals surface area contributed by atoms with Crippen molar-refractivity contribution in [3.05, 3.63) is 60.4 Å². The average Bonchev–Trinajstić information content (AvgIpc) is 3.57. The van der Waals surface area contributed by atoms with Crippen molar-refractivity contribution >= 4 is 20.7 Å². The molecule has 1 aliphatic carbocycles. The Labute approximate surface area is 187 Å². The van der Waals surface area contributed by atoms with Crippen LogP contribution >= 0.6 is 0 Å². The maximum atomic E-state index is 13.2. The number of fused-ring (bicyclic) bond motifs is 1. The smallest absolute Gasteiger partial charge is 0.260 e. The van der Waals surface area contributed by atoms with E-state index in [-0.39, 0.29) is 22.0 Å². The van der Waals surface area contributed by atoms with Gasteiger partial charge in [-0.05, 0) is 31.0 Å². The summed E-state index contributed by atoms with van der Waals surface area (Å²) in [6, 6.07) is 6.08. The zero-order chi connectivity index (χ0) is 23.4. The molecule has 0 aliphatic heterocycles. The standard InChI is InChI=1S/C22H18F3N5O2S/c1-2-33(31,32)19-7-15(14-5-6-17(26-9-14)13-3-4-13)10-28-21(19)30-18-8-20(22(23,24)25)27-11-16(18)12-29-30/h5-13H,2-4H2,1H3. The third-order valence-corrected chi connectivity index (χ3v) is 7.34. The summed E-state index contributed by atoms with van der Waals surface area (Å²) in [5.41, 5.74) is 1.19. The highest BCUT2D eigenvalue weighted by Crippen LogP contribution is 2.39. The van der Waals surface area contributed by atoms with Gasteiger partial charge in [0.05, 0.1) is 17.5 Å². The molecule has 1 aliphatic rings. The second-order valence-electron chi connectivity index (χ2n) is 7.88. The molecule has 4 aromatic rings. The van der Waals surface area contributed by atoms with E-state index in [0.29, 0.717) is 22.4 Å². The molecule has 4 heterocycles. The maximum absolute atomic E-state index is 13.2. The summed E-state index contributed by atoms with van der Waals surface area (Å²) in [4.78, 5) is 12.1. The summed E-state index contributed by atoms with van der Waals surface area (Å²) in [5, 5.41) is 4.43. The van der Waals surface area contributed by atoms with Gasteiger partial charge in [-0.1, -0.05) is 13.0 Å². The molecule has 0 radical (unpaired) electrons. The van der Waals surface area contributed by atoms with Crippen LogP contribution in [0.15, 0.2) is 53.9 Å². The summed E-state index contributed by atoms with van der Waals surface area (Å²) in [7, 11) is -3.79. The number of rotatable bonds is 5. The van der Waals surface area contributed by atoms with Crippen LogP contribution in [0.2, 0.25) is 0 Å². The van der Waals surface area contributed by atoms with Gasteiger partial charge in [0.25, 0.3) is 0 Å². The number of nitrogens with zero attached hydrogens (tertiary/aromatic N) is 5. The lowest BCUT2D eigenvalue weighted by atomic mass is 10.1. The van der Waals surface area contributed by atoms with Crippen molar-refractivity contribution in [1.29, 1.82) is 0 Å². The molecule has 0 aromatic carbocycles. The van der Waals surface area contributed by atoms with Gasteiger partial charge in [0.1, 0.15) is 10.6 Å². The normalized spacial score (nSPS) is 14.7. The van der Waals surface area contributed by atoms with Crippen LogP contribution in [0, 0.1) is 0 Å². The molecular formula is C22H18F3N5O2S. The highest BCUT2D eigenvalue weighted by Gasteiger charge is 2.33. The van der Waals surface area contributed by atoms with Gasteiger partial charge in [0.15, 0.2) is 15.7 Å². The summed E-state index contributed by atoms with van der Waals surface area (Å²) < 4.78 is 66.5. The molecule has 0 saturated heterocycles. The molecule has 4 aromatic heterocycles. The first-order valence-electron chi connectivity index (χ1n) is 10.3. The van der Waals surface area contributed by atoms with E-state index in [9.17, 15) is 21.6 Å². The van der Waals surface area contributed by atoms with Crippen LogP contribution in [0.4, 0.5) is 13.2 Å². The summed E-state index contributed by atoms with van der Waals surface area (Å²) in [5.74, 6) is 0.204. The minimum Gasteiger partial charge on any atom is -0.260 e. The number of sulfone groups is 1. The number of pyridine rings is 3. The lowest BCUT2D eigenvalue weighted by Gasteiger charge is -2.12. The van der Waals surface area contributed by atoms with Crippen LogP contribution in [0.5, 0.6) is 0 Å². The summed E-state index contributed by atoms with van der Waals surface area (Å²) in [6.45, 7) is 1.49. The molecule has 33 heavy (non-hydrogen) atoms. The Morgan fingerprint density at radius 1 is 1.00 bits per heavy atom. The van der Waals surface area contributed by atoms with Gasteiger partial charge in [-0.25, -0.2) is 18.1 Å². The third-order valence-electron chi connectivity index (χ3n) is 5.61. The molecule has 7 nitrogen and oxygen atoms in total. The Balaban J connectivity index is 1.66. The zero-order valence-corrected chi connectivity index (χ0v) is 18.2. The summed E-state index contributed by atoms with van der Waals surface area (Å²) >= 11 is 0. The summed E-state index contributed by atoms with van der Waals surface area (Å²) in [6.07, 6.45) is 3.10. The molecular weight excluding hydrogens is 455 g/mol. The molecule has 0 unspecified atom stereocenters. The van der Waals surface area contributed by atoms with Gasteiger partial charge >= 0.3 is 6.18 Å². The van der Waals surface area contributed by atoms with Gasteiger partial charge in [-0.3, -0.25) is 9.97 Å². The van der Waals surface area contributed by atoms with Gasteiger partial charge in [-0.15, -0.1) is 0 Å². The predicted octanol–water partition coefficient (Wildman–Crippen LogP) is 4.57. The van der Waals surface area contributed by atoms with Gasteiger partial charge in [0.2, 0.25) is 0 Å². The van der Waals surface area contributed by atoms with E-state index in [1.165, 1.54) is 25.4 Å². The molecule has 5 rings (SSSR count). The number of aromatic nitrogens is 5. The monoisotopic (exact) mass is 473 g/mol. The molecule has 1 saturated carbocycles. The van der Waals surface area contributed by atoms with Crippen LogP contribution in [-0.4, -0.2) is 38.9 Å². The zero-order valence-electron chi connectivity index (χ0n) is 17.4. The van der Waals surface area contributed by atoms with Crippen molar-refractivity contribution < 1.29 is 21.6 Å². The van der Waals surface area contributed by atoms with Gasteiger partial charge < -0.3 is 0 Å². The van der Waals surface area contributed by atoms with Crippen molar-refractivity contribution in [3.63, 3.8) is 0 Å². The van der Waals surface area contributed by atoms with Gasteiger partial charge in [0, 0.05) is 46.7 Å². The van der Waals surface area contributed by atoms with Gasteiger partial charge in [-0.2, -0.15) is 18.3 Å². The van der Waals surface area contributed by atoms with Crippen molar-refractivity contribution in [1.82, 2.24) is 24.7 Å². The first kappa shape index (κ1) is 21.5. The molecule has 0 spiro atoms. The first-order chi connectivity index (χ1) is 15.7. The first-order valence-corrected chi connectivity index (χ1v) is 11.9. The van der Waals surface area contributed by atoms with Crippen LogP contribution in [0.25, 0.3) is 27.8 Å². The molecule has 0 atom stereocenters. The number of hydrogen-bond acceptors (Lipinski definition) is 6. The molecule has 0 bridgehead atoms. The molecule has 1 fully saturated rings. The fourth-order valence-electron chi connectivity index (χ4n) is 3.58. The Bertz CT molecular complexity index is 1460. The SMILES string of the molecule is CCS(=O)(=O)c1cc(-c2ccc(C3CC3)nc2)cnc1-n1ncc2cnc(C(F)(F)F)cc21. The minimum atomic E-state index is -4.65. The lowest BCUT2D eigenvalue weighted by molar-refractivity contribution is -0.141. The fraction of sp³-hybridized carbons (Fsp3) is 0.273. The molecule has 11 heteroatoms. The number of halogens is 3. The van der Waals surface area contributed by atoms with E-state index in [2.05, 4.69) is 20.1 Å². The van der Waals surface area contributed by atoms with E-state index >= 15 is 0 Å². The molecule has 0 N–H and O–H groups in total. The quantitative estimate of drug-likeness (QED) is 0.422. The minimum absolute atomic E-state index is 0.0561. The van der Waals surface area contributed by atoms with Crippen LogP contribution in [0.1, 0.15) is 37.1 Å². The highest BCUT2D eigenvalue weighted by atomic mass is 32.2. The Morgan fingerprint density at radius 2 is 1.76 bits per heavy atom. The highest BCUT2D eigenvalue weighted by molar-refractivity contribution is 7.91. The Kier molecular flexibility index (Phi) is 4.96. The fourth-order valence-corrected chi connectivity index (χ4v) is 4.61. The van der Waals surface area contributed by atoms with E-state index in [1.54, 1.807) is 6.20 Å². The number of hydrogen-bond donors (Lipinski definition) is 0. The van der Waals surface area contributed by atoms with E-state index < -0.39 is 21.7 Å². The molecule has 0 amide bonds.